The lowest BCUT2D eigenvalue weighted by Crippen LogP contribution is -2.20. The van der Waals surface area contributed by atoms with Crippen LogP contribution in [0.25, 0.3) is 10.9 Å². The zero-order valence-electron chi connectivity index (χ0n) is 15.2. The molecule has 4 aromatic rings. The third-order valence-electron chi connectivity index (χ3n) is 4.24. The summed E-state index contributed by atoms with van der Waals surface area (Å²) < 4.78 is 6.66. The van der Waals surface area contributed by atoms with E-state index in [4.69, 9.17) is 33.2 Å². The quantitative estimate of drug-likeness (QED) is 0.398. The number of H-pyrrole nitrogens is 1. The van der Waals surface area contributed by atoms with Crippen molar-refractivity contribution in [1.82, 2.24) is 9.97 Å². The summed E-state index contributed by atoms with van der Waals surface area (Å²) in [7, 11) is 0. The van der Waals surface area contributed by atoms with Crippen LogP contribution in [-0.2, 0) is 0 Å². The highest BCUT2D eigenvalue weighted by Gasteiger charge is 2.17. The van der Waals surface area contributed by atoms with Gasteiger partial charge in [0.25, 0.3) is 5.91 Å². The fraction of sp³-hybridized carbons (Fsp3) is 0. The van der Waals surface area contributed by atoms with Crippen molar-refractivity contribution in [2.45, 2.75) is 0 Å². The second-order valence-corrected chi connectivity index (χ2v) is 7.06. The van der Waals surface area contributed by atoms with Gasteiger partial charge in [0.1, 0.15) is 11.4 Å². The Bertz CT molecular complexity index is 1250. The Balaban J connectivity index is 1.50. The summed E-state index contributed by atoms with van der Waals surface area (Å²) in [6, 6.07) is 16.3. The Morgan fingerprint density at radius 2 is 1.90 bits per heavy atom. The Morgan fingerprint density at radius 1 is 1.07 bits per heavy atom. The van der Waals surface area contributed by atoms with Crippen molar-refractivity contribution in [2.24, 2.45) is 0 Å². The number of anilines is 1. The maximum atomic E-state index is 12.5. The van der Waals surface area contributed by atoms with E-state index in [0.717, 1.165) is 4.42 Å². The van der Waals surface area contributed by atoms with Crippen molar-refractivity contribution in [3.05, 3.63) is 83.1 Å². The molecule has 0 bridgehead atoms. The van der Waals surface area contributed by atoms with E-state index in [1.807, 2.05) is 0 Å². The average Bonchev–Trinajstić information content (AvgIpc) is 3.17. The predicted molar refractivity (Wildman–Crippen MR) is 114 cm³/mol. The minimum Gasteiger partial charge on any atom is -0.477 e. The number of carboxylic acid groups (broad SMARTS) is 1. The summed E-state index contributed by atoms with van der Waals surface area (Å²) in [6.07, 6.45) is 1.40. The van der Waals surface area contributed by atoms with Crippen LogP contribution in [0.5, 0.6) is 11.6 Å². The lowest BCUT2D eigenvalue weighted by molar-refractivity contribution is 0.0691. The van der Waals surface area contributed by atoms with E-state index in [1.54, 1.807) is 48.5 Å². The van der Waals surface area contributed by atoms with Gasteiger partial charge in [-0.3, -0.25) is 4.79 Å². The standard InChI is InChI=1S/C21H13Cl2N3O4/c22-14-3-1-2-12(8-14)20(27)26(23)15-4-7-19(24-11-15)30-16-5-6-17-13(9-16)10-18(25-17)21(28)29/h1-11,25H,(H,28,29). The normalized spacial score (nSPS) is 10.7. The largest absolute Gasteiger partial charge is 0.477 e. The number of benzene rings is 2. The molecule has 30 heavy (non-hydrogen) atoms. The molecule has 2 aromatic carbocycles. The number of amides is 1. The van der Waals surface area contributed by atoms with Crippen LogP contribution in [0.1, 0.15) is 20.8 Å². The number of aromatic nitrogens is 2. The number of hydrogen-bond acceptors (Lipinski definition) is 4. The maximum Gasteiger partial charge on any atom is 0.352 e. The molecule has 0 fully saturated rings. The molecule has 0 spiro atoms. The Kier molecular flexibility index (Phi) is 5.31. The molecule has 0 saturated heterocycles. The fourth-order valence-corrected chi connectivity index (χ4v) is 3.20. The molecule has 0 aliphatic carbocycles. The third kappa shape index (κ3) is 4.07. The number of aromatic amines is 1. The van der Waals surface area contributed by atoms with Crippen molar-refractivity contribution in [1.29, 1.82) is 0 Å². The number of carbonyl (C=O) groups is 2. The number of carbonyl (C=O) groups excluding carboxylic acids is 1. The number of hydrogen-bond donors (Lipinski definition) is 2. The summed E-state index contributed by atoms with van der Waals surface area (Å²) in [5, 5.41) is 10.2. The second-order valence-electron chi connectivity index (χ2n) is 6.29. The van der Waals surface area contributed by atoms with Crippen molar-refractivity contribution in [3.63, 3.8) is 0 Å². The minimum atomic E-state index is -1.04. The molecule has 0 saturated carbocycles. The zero-order chi connectivity index (χ0) is 21.3. The number of carboxylic acids is 1. The molecule has 4 rings (SSSR count). The first-order valence-electron chi connectivity index (χ1n) is 8.66. The molecule has 0 aliphatic heterocycles. The SMILES string of the molecule is O=C(O)c1cc2cc(Oc3ccc(N(Cl)C(=O)c4cccc(Cl)c4)cn3)ccc2[nH]1. The molecule has 0 radical (unpaired) electrons. The number of halogens is 2. The summed E-state index contributed by atoms with van der Waals surface area (Å²) in [5.41, 5.74) is 1.48. The Hall–Kier alpha value is -3.55. The van der Waals surface area contributed by atoms with Gasteiger partial charge >= 0.3 is 5.97 Å². The summed E-state index contributed by atoms with van der Waals surface area (Å²) in [6.45, 7) is 0. The van der Waals surface area contributed by atoms with Crippen LogP contribution in [0, 0.1) is 0 Å². The van der Waals surface area contributed by atoms with Crippen molar-refractivity contribution in [3.8, 4) is 11.6 Å². The van der Waals surface area contributed by atoms with Crippen LogP contribution in [0.2, 0.25) is 5.02 Å². The molecule has 9 heteroatoms. The molecule has 2 N–H and O–H groups in total. The monoisotopic (exact) mass is 441 g/mol. The van der Waals surface area contributed by atoms with Crippen LogP contribution >= 0.6 is 23.4 Å². The van der Waals surface area contributed by atoms with Gasteiger partial charge in [-0.1, -0.05) is 17.7 Å². The predicted octanol–water partition coefficient (Wildman–Crippen LogP) is 5.51. The lowest BCUT2D eigenvalue weighted by Gasteiger charge is -2.14. The number of ether oxygens (including phenoxy) is 1. The summed E-state index contributed by atoms with van der Waals surface area (Å²) >= 11 is 12.1. The highest BCUT2D eigenvalue weighted by molar-refractivity contribution is 6.39. The van der Waals surface area contributed by atoms with Gasteiger partial charge in [-0.2, -0.15) is 0 Å². The van der Waals surface area contributed by atoms with E-state index in [9.17, 15) is 9.59 Å². The maximum absolute atomic E-state index is 12.5. The van der Waals surface area contributed by atoms with E-state index in [-0.39, 0.29) is 11.6 Å². The smallest absolute Gasteiger partial charge is 0.352 e. The number of pyridine rings is 1. The van der Waals surface area contributed by atoms with E-state index < -0.39 is 11.9 Å². The summed E-state index contributed by atoms with van der Waals surface area (Å²) in [4.78, 5) is 30.5. The molecular weight excluding hydrogens is 429 g/mol. The van der Waals surface area contributed by atoms with E-state index in [0.29, 0.717) is 32.9 Å². The van der Waals surface area contributed by atoms with E-state index in [1.165, 1.54) is 18.3 Å². The first-order chi connectivity index (χ1) is 14.4. The second kappa shape index (κ2) is 8.06. The molecule has 7 nitrogen and oxygen atoms in total. The number of nitrogens with zero attached hydrogens (tertiary/aromatic N) is 2. The van der Waals surface area contributed by atoms with Gasteiger partial charge in [0.2, 0.25) is 5.88 Å². The average molecular weight is 442 g/mol. The molecule has 0 atom stereocenters. The van der Waals surface area contributed by atoms with Crippen molar-refractivity contribution < 1.29 is 19.4 Å². The molecule has 2 heterocycles. The first kappa shape index (κ1) is 19.8. The number of rotatable bonds is 5. The van der Waals surface area contributed by atoms with Crippen LogP contribution in [0.4, 0.5) is 5.69 Å². The van der Waals surface area contributed by atoms with Crippen LogP contribution in [-0.4, -0.2) is 27.0 Å². The van der Waals surface area contributed by atoms with Crippen molar-refractivity contribution >= 4 is 51.8 Å². The number of fused-ring (bicyclic) bond motifs is 1. The van der Waals surface area contributed by atoms with E-state index in [2.05, 4.69) is 9.97 Å². The van der Waals surface area contributed by atoms with E-state index >= 15 is 0 Å². The van der Waals surface area contributed by atoms with Crippen molar-refractivity contribution in [2.75, 3.05) is 4.42 Å². The lowest BCUT2D eigenvalue weighted by atomic mass is 10.2. The minimum absolute atomic E-state index is 0.0937. The van der Waals surface area contributed by atoms with Crippen LogP contribution in [0.15, 0.2) is 66.9 Å². The molecule has 0 aliphatic rings. The van der Waals surface area contributed by atoms with Crippen LogP contribution < -0.4 is 9.16 Å². The first-order valence-corrected chi connectivity index (χ1v) is 9.38. The van der Waals surface area contributed by atoms with Gasteiger partial charge in [-0.25, -0.2) is 14.2 Å². The van der Waals surface area contributed by atoms with Gasteiger partial charge in [0.15, 0.2) is 0 Å². The van der Waals surface area contributed by atoms with Gasteiger partial charge in [-0.15, -0.1) is 0 Å². The van der Waals surface area contributed by atoms with Gasteiger partial charge in [0, 0.05) is 39.3 Å². The molecule has 2 aromatic heterocycles. The van der Waals surface area contributed by atoms with Gasteiger partial charge < -0.3 is 14.8 Å². The topological polar surface area (TPSA) is 95.5 Å². The zero-order valence-corrected chi connectivity index (χ0v) is 16.7. The van der Waals surface area contributed by atoms with Gasteiger partial charge in [0.05, 0.1) is 11.9 Å². The Morgan fingerprint density at radius 3 is 2.60 bits per heavy atom. The molecule has 150 valence electrons. The van der Waals surface area contributed by atoms with Gasteiger partial charge in [-0.05, 0) is 48.5 Å². The Labute approximate surface area is 180 Å². The highest BCUT2D eigenvalue weighted by Crippen LogP contribution is 2.27. The number of aromatic carboxylic acids is 1. The molecular formula is C21H13Cl2N3O4. The molecule has 1 amide bonds. The third-order valence-corrected chi connectivity index (χ3v) is 4.83. The van der Waals surface area contributed by atoms with Crippen LogP contribution in [0.3, 0.4) is 0 Å². The summed E-state index contributed by atoms with van der Waals surface area (Å²) in [5.74, 6) is -0.713. The molecule has 0 unspecified atom stereocenters. The highest BCUT2D eigenvalue weighted by atomic mass is 35.5. The number of nitrogens with one attached hydrogen (secondary N) is 1. The fourth-order valence-electron chi connectivity index (χ4n) is 2.81.